The number of carboxylic acid groups (broad SMARTS) is 2. The summed E-state index contributed by atoms with van der Waals surface area (Å²) in [5.41, 5.74) is 11.7. The molecule has 0 amide bonds. The highest BCUT2D eigenvalue weighted by Gasteiger charge is 2.21. The average molecular weight is 345 g/mol. The summed E-state index contributed by atoms with van der Waals surface area (Å²) in [5.74, 6) is -2.40. The molecule has 1 unspecified atom stereocenters. The first-order valence-corrected chi connectivity index (χ1v) is 7.09. The zero-order valence-electron chi connectivity index (χ0n) is 12.9. The molecule has 0 fully saturated rings. The summed E-state index contributed by atoms with van der Waals surface area (Å²) in [5, 5.41) is 29.2. The van der Waals surface area contributed by atoms with E-state index in [4.69, 9.17) is 21.7 Å². The van der Waals surface area contributed by atoms with Gasteiger partial charge in [-0.25, -0.2) is 4.79 Å². The lowest BCUT2D eigenvalue weighted by atomic mass is 9.96. The Labute approximate surface area is 141 Å². The molecule has 0 aliphatic heterocycles. The number of carboxylic acids is 2. The molecule has 0 bridgehead atoms. The van der Waals surface area contributed by atoms with Crippen LogP contribution in [0.15, 0.2) is 36.4 Å². The number of nitro groups is 1. The van der Waals surface area contributed by atoms with Gasteiger partial charge in [0.05, 0.1) is 10.5 Å². The third-order valence-electron chi connectivity index (χ3n) is 3.61. The SMILES string of the molecule is Nc1c(-c2cccc(C(=O)O)c2)cc(CC(N)C(=O)O)cc1[N+](=O)[O-]. The summed E-state index contributed by atoms with van der Waals surface area (Å²) in [4.78, 5) is 32.6. The van der Waals surface area contributed by atoms with Gasteiger partial charge >= 0.3 is 11.9 Å². The molecule has 0 aliphatic carbocycles. The number of anilines is 1. The maximum Gasteiger partial charge on any atom is 0.335 e. The molecule has 0 saturated heterocycles. The second kappa shape index (κ2) is 6.97. The molecule has 9 heteroatoms. The highest BCUT2D eigenvalue weighted by Crippen LogP contribution is 2.35. The smallest absolute Gasteiger partial charge is 0.335 e. The first-order valence-electron chi connectivity index (χ1n) is 7.09. The maximum atomic E-state index is 11.2. The standard InChI is InChI=1S/C16H15N3O6/c17-12(16(22)23)5-8-4-11(14(18)13(6-8)19(24)25)9-2-1-3-10(7-9)15(20)21/h1-4,6-7,12H,5,17-18H2,(H,20,21)(H,22,23). The van der Waals surface area contributed by atoms with Crippen LogP contribution in [0.3, 0.4) is 0 Å². The normalized spacial score (nSPS) is 11.7. The molecule has 0 aliphatic rings. The molecule has 0 radical (unpaired) electrons. The van der Waals surface area contributed by atoms with E-state index in [9.17, 15) is 19.7 Å². The van der Waals surface area contributed by atoms with E-state index < -0.39 is 28.6 Å². The van der Waals surface area contributed by atoms with Crippen molar-refractivity contribution >= 4 is 23.3 Å². The highest BCUT2D eigenvalue weighted by atomic mass is 16.6. The van der Waals surface area contributed by atoms with Crippen LogP contribution < -0.4 is 11.5 Å². The van der Waals surface area contributed by atoms with Crippen molar-refractivity contribution in [3.8, 4) is 11.1 Å². The number of nitrogen functional groups attached to an aromatic ring is 1. The van der Waals surface area contributed by atoms with E-state index in [1.165, 1.54) is 30.3 Å². The van der Waals surface area contributed by atoms with Crippen molar-refractivity contribution in [3.05, 3.63) is 57.6 Å². The molecular weight excluding hydrogens is 330 g/mol. The zero-order chi connectivity index (χ0) is 18.7. The van der Waals surface area contributed by atoms with Gasteiger partial charge in [-0.3, -0.25) is 14.9 Å². The number of nitrogens with zero attached hydrogens (tertiary/aromatic N) is 1. The van der Waals surface area contributed by atoms with E-state index in [1.54, 1.807) is 6.07 Å². The molecule has 2 aromatic carbocycles. The second-order valence-corrected chi connectivity index (χ2v) is 5.37. The summed E-state index contributed by atoms with van der Waals surface area (Å²) in [6, 6.07) is 7.16. The van der Waals surface area contributed by atoms with Crippen LogP contribution in [0.4, 0.5) is 11.4 Å². The van der Waals surface area contributed by atoms with Crippen molar-refractivity contribution in [2.45, 2.75) is 12.5 Å². The third-order valence-corrected chi connectivity index (χ3v) is 3.61. The highest BCUT2D eigenvalue weighted by molar-refractivity contribution is 5.91. The van der Waals surface area contributed by atoms with Gasteiger partial charge in [0.1, 0.15) is 11.7 Å². The Morgan fingerprint density at radius 2 is 1.88 bits per heavy atom. The summed E-state index contributed by atoms with van der Waals surface area (Å²) in [7, 11) is 0. The number of rotatable bonds is 6. The number of aliphatic carboxylic acids is 1. The van der Waals surface area contributed by atoms with Crippen molar-refractivity contribution in [2.75, 3.05) is 5.73 Å². The molecule has 0 spiro atoms. The summed E-state index contributed by atoms with van der Waals surface area (Å²) < 4.78 is 0. The maximum absolute atomic E-state index is 11.2. The van der Waals surface area contributed by atoms with Gasteiger partial charge in [0, 0.05) is 11.6 Å². The number of nitro benzene ring substituents is 1. The van der Waals surface area contributed by atoms with Gasteiger partial charge in [-0.05, 0) is 35.7 Å². The van der Waals surface area contributed by atoms with Crippen molar-refractivity contribution in [2.24, 2.45) is 5.73 Å². The average Bonchev–Trinajstić information content (AvgIpc) is 2.55. The lowest BCUT2D eigenvalue weighted by molar-refractivity contribution is -0.383. The number of nitrogens with two attached hydrogens (primary N) is 2. The lowest BCUT2D eigenvalue weighted by Crippen LogP contribution is -2.32. The molecule has 9 nitrogen and oxygen atoms in total. The summed E-state index contributed by atoms with van der Waals surface area (Å²) >= 11 is 0. The number of hydrogen-bond acceptors (Lipinski definition) is 6. The van der Waals surface area contributed by atoms with Gasteiger partial charge in [0.2, 0.25) is 0 Å². The van der Waals surface area contributed by atoms with Crippen LogP contribution in [0.1, 0.15) is 15.9 Å². The first kappa shape index (κ1) is 17.9. The van der Waals surface area contributed by atoms with E-state index in [2.05, 4.69) is 0 Å². The molecule has 25 heavy (non-hydrogen) atoms. The molecule has 0 saturated carbocycles. The van der Waals surface area contributed by atoms with Crippen molar-refractivity contribution < 1.29 is 24.7 Å². The van der Waals surface area contributed by atoms with Gasteiger partial charge in [-0.15, -0.1) is 0 Å². The van der Waals surface area contributed by atoms with E-state index >= 15 is 0 Å². The number of aromatic carboxylic acids is 1. The fourth-order valence-electron chi connectivity index (χ4n) is 2.36. The van der Waals surface area contributed by atoms with Gasteiger partial charge in [-0.2, -0.15) is 0 Å². The summed E-state index contributed by atoms with van der Waals surface area (Å²) in [6.45, 7) is 0. The minimum Gasteiger partial charge on any atom is -0.480 e. The molecule has 0 aromatic heterocycles. The Morgan fingerprint density at radius 3 is 2.44 bits per heavy atom. The fourth-order valence-corrected chi connectivity index (χ4v) is 2.36. The lowest BCUT2D eigenvalue weighted by Gasteiger charge is -2.12. The summed E-state index contributed by atoms with van der Waals surface area (Å²) in [6.07, 6.45) is -0.137. The van der Waals surface area contributed by atoms with Crippen LogP contribution in [-0.2, 0) is 11.2 Å². The Morgan fingerprint density at radius 1 is 1.20 bits per heavy atom. The first-order chi connectivity index (χ1) is 11.7. The Kier molecular flexibility index (Phi) is 4.99. The van der Waals surface area contributed by atoms with Crippen molar-refractivity contribution in [3.63, 3.8) is 0 Å². The molecule has 2 aromatic rings. The number of hydrogen-bond donors (Lipinski definition) is 4. The minimum absolute atomic E-state index is 0.00723. The van der Waals surface area contributed by atoms with Crippen LogP contribution >= 0.6 is 0 Å². The Bertz CT molecular complexity index is 865. The minimum atomic E-state index is -1.24. The molecule has 130 valence electrons. The van der Waals surface area contributed by atoms with Gasteiger partial charge in [0.15, 0.2) is 0 Å². The van der Waals surface area contributed by atoms with Gasteiger partial charge in [-0.1, -0.05) is 12.1 Å². The topological polar surface area (TPSA) is 170 Å². The molecule has 2 rings (SSSR count). The second-order valence-electron chi connectivity index (χ2n) is 5.37. The largest absolute Gasteiger partial charge is 0.480 e. The molecule has 1 atom stereocenters. The van der Waals surface area contributed by atoms with E-state index in [0.29, 0.717) is 11.1 Å². The Balaban J connectivity index is 2.61. The van der Waals surface area contributed by atoms with E-state index in [0.717, 1.165) is 0 Å². The molecular formula is C16H15N3O6. The molecule has 0 heterocycles. The van der Waals surface area contributed by atoms with Crippen LogP contribution in [0.25, 0.3) is 11.1 Å². The van der Waals surface area contributed by atoms with E-state index in [1.807, 2.05) is 0 Å². The van der Waals surface area contributed by atoms with Crippen LogP contribution in [0.5, 0.6) is 0 Å². The van der Waals surface area contributed by atoms with Gasteiger partial charge in [0.25, 0.3) is 5.69 Å². The Hall–Kier alpha value is -3.46. The van der Waals surface area contributed by atoms with Gasteiger partial charge < -0.3 is 21.7 Å². The molecule has 6 N–H and O–H groups in total. The van der Waals surface area contributed by atoms with Crippen LogP contribution in [-0.4, -0.2) is 33.1 Å². The quantitative estimate of drug-likeness (QED) is 0.346. The predicted octanol–water partition coefficient (Wildman–Crippen LogP) is 1.50. The zero-order valence-corrected chi connectivity index (χ0v) is 12.9. The van der Waals surface area contributed by atoms with E-state index in [-0.39, 0.29) is 23.2 Å². The van der Waals surface area contributed by atoms with Crippen LogP contribution in [0, 0.1) is 10.1 Å². The third kappa shape index (κ3) is 3.90. The fraction of sp³-hybridized carbons (Fsp3) is 0.125. The van der Waals surface area contributed by atoms with Crippen molar-refractivity contribution in [1.29, 1.82) is 0 Å². The monoisotopic (exact) mass is 345 g/mol. The van der Waals surface area contributed by atoms with Crippen LogP contribution in [0.2, 0.25) is 0 Å². The number of benzene rings is 2. The van der Waals surface area contributed by atoms with Crippen molar-refractivity contribution in [1.82, 2.24) is 0 Å². The predicted molar refractivity (Wildman–Crippen MR) is 89.2 cm³/mol. The number of carbonyl (C=O) groups is 2.